The lowest BCUT2D eigenvalue weighted by Gasteiger charge is -2.04. The Kier molecular flexibility index (Phi) is 4.44. The van der Waals surface area contributed by atoms with E-state index < -0.39 is 0 Å². The molecule has 2 nitrogen and oxygen atoms in total. The van der Waals surface area contributed by atoms with Crippen LogP contribution in [-0.2, 0) is 13.0 Å². The van der Waals surface area contributed by atoms with Gasteiger partial charge in [0.2, 0.25) is 0 Å². The second kappa shape index (κ2) is 6.07. The van der Waals surface area contributed by atoms with Gasteiger partial charge >= 0.3 is 0 Å². The van der Waals surface area contributed by atoms with Crippen LogP contribution >= 0.6 is 11.3 Å². The molecule has 0 saturated carbocycles. The van der Waals surface area contributed by atoms with Crippen LogP contribution in [0.3, 0.4) is 0 Å². The highest BCUT2D eigenvalue weighted by molar-refractivity contribution is 7.11. The quantitative estimate of drug-likeness (QED) is 0.839. The summed E-state index contributed by atoms with van der Waals surface area (Å²) in [6.45, 7) is 5.74. The van der Waals surface area contributed by atoms with Gasteiger partial charge in [-0.3, -0.25) is 0 Å². The standard InChI is InChI=1S/C14H17FN2S/c1-10-14(18-11(2)17-10)9-16-7-6-12-4-3-5-13(15)8-12/h3-5,8,16H,6-7,9H2,1-2H3. The molecule has 1 N–H and O–H groups in total. The number of thiazole rings is 1. The van der Waals surface area contributed by atoms with E-state index in [1.165, 1.54) is 10.9 Å². The van der Waals surface area contributed by atoms with Gasteiger partial charge in [0.05, 0.1) is 10.7 Å². The number of halogens is 1. The maximum absolute atomic E-state index is 13.0. The van der Waals surface area contributed by atoms with E-state index in [0.717, 1.165) is 35.8 Å². The number of nitrogens with one attached hydrogen (secondary N) is 1. The molecule has 0 radical (unpaired) electrons. The zero-order chi connectivity index (χ0) is 13.0. The van der Waals surface area contributed by atoms with Gasteiger partial charge in [0, 0.05) is 11.4 Å². The molecule has 4 heteroatoms. The molecule has 0 atom stereocenters. The SMILES string of the molecule is Cc1nc(C)c(CNCCc2cccc(F)c2)s1. The van der Waals surface area contributed by atoms with E-state index >= 15 is 0 Å². The molecule has 0 aliphatic rings. The predicted octanol–water partition coefficient (Wildman–Crippen LogP) is 3.23. The fourth-order valence-corrected chi connectivity index (χ4v) is 2.77. The maximum Gasteiger partial charge on any atom is 0.123 e. The molecule has 0 aliphatic heterocycles. The highest BCUT2D eigenvalue weighted by Crippen LogP contribution is 2.16. The summed E-state index contributed by atoms with van der Waals surface area (Å²) < 4.78 is 13.0. The van der Waals surface area contributed by atoms with Crippen molar-refractivity contribution in [2.24, 2.45) is 0 Å². The van der Waals surface area contributed by atoms with Gasteiger partial charge in [-0.2, -0.15) is 0 Å². The molecule has 0 spiro atoms. The Labute approximate surface area is 111 Å². The fraction of sp³-hybridized carbons (Fsp3) is 0.357. The van der Waals surface area contributed by atoms with Crippen molar-refractivity contribution in [3.63, 3.8) is 0 Å². The van der Waals surface area contributed by atoms with Gasteiger partial charge in [-0.25, -0.2) is 9.37 Å². The molecule has 2 aromatic rings. The number of hydrogen-bond acceptors (Lipinski definition) is 3. The lowest BCUT2D eigenvalue weighted by Crippen LogP contribution is -2.16. The van der Waals surface area contributed by atoms with Crippen LogP contribution in [0, 0.1) is 19.7 Å². The molecule has 1 aromatic carbocycles. The molecule has 0 unspecified atom stereocenters. The van der Waals surface area contributed by atoms with Gasteiger partial charge < -0.3 is 5.32 Å². The Balaban J connectivity index is 1.78. The summed E-state index contributed by atoms with van der Waals surface area (Å²) in [7, 11) is 0. The van der Waals surface area contributed by atoms with Crippen molar-refractivity contribution in [1.82, 2.24) is 10.3 Å². The van der Waals surface area contributed by atoms with Crippen molar-refractivity contribution < 1.29 is 4.39 Å². The summed E-state index contributed by atoms with van der Waals surface area (Å²) in [5, 5.41) is 4.48. The van der Waals surface area contributed by atoms with Crippen LogP contribution in [-0.4, -0.2) is 11.5 Å². The third-order valence-corrected chi connectivity index (χ3v) is 3.84. The smallest absolute Gasteiger partial charge is 0.123 e. The number of aryl methyl sites for hydroxylation is 2. The van der Waals surface area contributed by atoms with E-state index in [1.54, 1.807) is 23.5 Å². The number of aromatic nitrogens is 1. The number of rotatable bonds is 5. The summed E-state index contributed by atoms with van der Waals surface area (Å²) in [5.74, 6) is -0.165. The molecule has 0 fully saturated rings. The van der Waals surface area contributed by atoms with Crippen molar-refractivity contribution in [2.45, 2.75) is 26.8 Å². The largest absolute Gasteiger partial charge is 0.311 e. The lowest BCUT2D eigenvalue weighted by molar-refractivity contribution is 0.623. The van der Waals surface area contributed by atoms with Gasteiger partial charge in [0.15, 0.2) is 0 Å². The zero-order valence-corrected chi connectivity index (χ0v) is 11.5. The first-order valence-corrected chi connectivity index (χ1v) is 6.85. The van der Waals surface area contributed by atoms with E-state index in [2.05, 4.69) is 10.3 Å². The molecule has 0 amide bonds. The lowest BCUT2D eigenvalue weighted by atomic mass is 10.1. The number of benzene rings is 1. The molecular formula is C14H17FN2S. The van der Waals surface area contributed by atoms with E-state index in [0.29, 0.717) is 0 Å². The molecule has 2 rings (SSSR count). The first-order valence-electron chi connectivity index (χ1n) is 6.03. The minimum absolute atomic E-state index is 0.165. The second-order valence-corrected chi connectivity index (χ2v) is 5.59. The Morgan fingerprint density at radius 1 is 1.33 bits per heavy atom. The van der Waals surface area contributed by atoms with Gasteiger partial charge in [-0.05, 0) is 44.5 Å². The third kappa shape index (κ3) is 3.62. The van der Waals surface area contributed by atoms with Crippen LogP contribution in [0.4, 0.5) is 4.39 Å². The Hall–Kier alpha value is -1.26. The Morgan fingerprint density at radius 3 is 2.83 bits per heavy atom. The molecule has 0 saturated heterocycles. The average molecular weight is 264 g/mol. The zero-order valence-electron chi connectivity index (χ0n) is 10.7. The van der Waals surface area contributed by atoms with Crippen molar-refractivity contribution in [3.05, 3.63) is 51.2 Å². The first-order chi connectivity index (χ1) is 8.65. The van der Waals surface area contributed by atoms with E-state index in [1.807, 2.05) is 19.9 Å². The van der Waals surface area contributed by atoms with Gasteiger partial charge in [0.1, 0.15) is 5.82 Å². The van der Waals surface area contributed by atoms with Crippen molar-refractivity contribution in [1.29, 1.82) is 0 Å². The third-order valence-electron chi connectivity index (χ3n) is 2.76. The van der Waals surface area contributed by atoms with Crippen LogP contribution in [0.2, 0.25) is 0 Å². The highest BCUT2D eigenvalue weighted by Gasteiger charge is 2.03. The van der Waals surface area contributed by atoms with Crippen molar-refractivity contribution in [3.8, 4) is 0 Å². The molecular weight excluding hydrogens is 247 g/mol. The molecule has 1 aromatic heterocycles. The Bertz CT molecular complexity index is 522. The maximum atomic E-state index is 13.0. The fourth-order valence-electron chi connectivity index (χ4n) is 1.86. The van der Waals surface area contributed by atoms with Gasteiger partial charge in [0.25, 0.3) is 0 Å². The molecule has 0 aliphatic carbocycles. The first kappa shape index (κ1) is 13.2. The van der Waals surface area contributed by atoms with Crippen molar-refractivity contribution >= 4 is 11.3 Å². The van der Waals surface area contributed by atoms with Crippen molar-refractivity contribution in [2.75, 3.05) is 6.54 Å². The predicted molar refractivity (Wildman–Crippen MR) is 73.4 cm³/mol. The van der Waals surface area contributed by atoms with Crippen LogP contribution in [0.25, 0.3) is 0 Å². The Morgan fingerprint density at radius 2 is 2.17 bits per heavy atom. The molecule has 96 valence electrons. The van der Waals surface area contributed by atoms with Gasteiger partial charge in [-0.15, -0.1) is 11.3 Å². The summed E-state index contributed by atoms with van der Waals surface area (Å²) in [5.41, 5.74) is 2.13. The summed E-state index contributed by atoms with van der Waals surface area (Å²) in [6.07, 6.45) is 0.842. The normalized spacial score (nSPS) is 10.8. The topological polar surface area (TPSA) is 24.9 Å². The molecule has 1 heterocycles. The highest BCUT2D eigenvalue weighted by atomic mass is 32.1. The summed E-state index contributed by atoms with van der Waals surface area (Å²) in [4.78, 5) is 5.67. The van der Waals surface area contributed by atoms with E-state index in [-0.39, 0.29) is 5.82 Å². The molecule has 0 bridgehead atoms. The monoisotopic (exact) mass is 264 g/mol. The minimum atomic E-state index is -0.165. The molecule has 18 heavy (non-hydrogen) atoms. The van der Waals surface area contributed by atoms with E-state index in [9.17, 15) is 4.39 Å². The average Bonchev–Trinajstić information content (AvgIpc) is 2.64. The van der Waals surface area contributed by atoms with Crippen LogP contribution in [0.5, 0.6) is 0 Å². The second-order valence-electron chi connectivity index (χ2n) is 4.30. The van der Waals surface area contributed by atoms with Crippen LogP contribution in [0.1, 0.15) is 21.1 Å². The van der Waals surface area contributed by atoms with Crippen LogP contribution in [0.15, 0.2) is 24.3 Å². The van der Waals surface area contributed by atoms with Crippen LogP contribution < -0.4 is 5.32 Å². The van der Waals surface area contributed by atoms with E-state index in [4.69, 9.17) is 0 Å². The summed E-state index contributed by atoms with van der Waals surface area (Å²) in [6, 6.07) is 6.76. The number of nitrogens with zero attached hydrogens (tertiary/aromatic N) is 1. The number of hydrogen-bond donors (Lipinski definition) is 1. The minimum Gasteiger partial charge on any atom is -0.311 e. The summed E-state index contributed by atoms with van der Waals surface area (Å²) >= 11 is 1.73. The van der Waals surface area contributed by atoms with Gasteiger partial charge in [-0.1, -0.05) is 12.1 Å².